The van der Waals surface area contributed by atoms with E-state index in [-0.39, 0.29) is 32.2 Å². The van der Waals surface area contributed by atoms with E-state index in [2.05, 4.69) is 0 Å². The van der Waals surface area contributed by atoms with Crippen molar-refractivity contribution < 1.29 is 27.1 Å². The summed E-state index contributed by atoms with van der Waals surface area (Å²) >= 11 is 0. The Morgan fingerprint density at radius 1 is 1.07 bits per heavy atom. The molecule has 0 saturated heterocycles. The molecule has 3 rings (SSSR count). The van der Waals surface area contributed by atoms with Crippen molar-refractivity contribution in [3.8, 4) is 0 Å². The smallest absolute Gasteiger partial charge is 0.410 e. The molecule has 27 heavy (non-hydrogen) atoms. The van der Waals surface area contributed by atoms with Crippen LogP contribution in [0.3, 0.4) is 0 Å². The first-order valence-electron chi connectivity index (χ1n) is 9.20. The van der Waals surface area contributed by atoms with Crippen LogP contribution in [0.2, 0.25) is 0 Å². The second kappa shape index (κ2) is 6.38. The first-order valence-corrected chi connectivity index (χ1v) is 9.20. The van der Waals surface area contributed by atoms with Crippen LogP contribution in [0.4, 0.5) is 22.4 Å². The number of rotatable bonds is 3. The molecule has 2 aliphatic rings. The summed E-state index contributed by atoms with van der Waals surface area (Å²) in [6.45, 7) is 5.48. The van der Waals surface area contributed by atoms with Crippen molar-refractivity contribution in [2.45, 2.75) is 76.5 Å². The molecule has 2 saturated carbocycles. The number of carbonyl (C=O) groups is 1. The molecule has 0 aromatic heterocycles. The Labute approximate surface area is 156 Å². The second-order valence-electron chi connectivity index (χ2n) is 8.56. The van der Waals surface area contributed by atoms with E-state index in [4.69, 9.17) is 4.74 Å². The molecule has 0 radical (unpaired) electrons. The van der Waals surface area contributed by atoms with Crippen LogP contribution in [0.15, 0.2) is 30.3 Å². The molecule has 0 aliphatic heterocycles. The molecule has 0 bridgehead atoms. The Kier molecular flexibility index (Phi) is 4.72. The van der Waals surface area contributed by atoms with E-state index in [0.717, 1.165) is 5.56 Å². The Morgan fingerprint density at radius 2 is 1.59 bits per heavy atom. The van der Waals surface area contributed by atoms with Crippen LogP contribution in [0.5, 0.6) is 0 Å². The van der Waals surface area contributed by atoms with Crippen molar-refractivity contribution in [1.82, 2.24) is 4.90 Å². The quantitative estimate of drug-likeness (QED) is 0.629. The lowest BCUT2D eigenvalue weighted by Gasteiger charge is -2.37. The van der Waals surface area contributed by atoms with Crippen molar-refractivity contribution in [3.05, 3.63) is 35.9 Å². The van der Waals surface area contributed by atoms with Gasteiger partial charge in [-0.3, -0.25) is 0 Å². The van der Waals surface area contributed by atoms with Gasteiger partial charge in [0.2, 0.25) is 0 Å². The van der Waals surface area contributed by atoms with Crippen molar-refractivity contribution in [2.24, 2.45) is 5.41 Å². The minimum absolute atomic E-state index is 0.108. The third kappa shape index (κ3) is 3.29. The summed E-state index contributed by atoms with van der Waals surface area (Å²) < 4.78 is 60.1. The van der Waals surface area contributed by atoms with E-state index in [1.807, 2.05) is 30.3 Å². The Hall–Kier alpha value is -1.79. The summed E-state index contributed by atoms with van der Waals surface area (Å²) in [5, 5.41) is 0. The zero-order valence-corrected chi connectivity index (χ0v) is 15.8. The van der Waals surface area contributed by atoms with Crippen molar-refractivity contribution >= 4 is 6.09 Å². The monoisotopic (exact) mass is 387 g/mol. The highest BCUT2D eigenvalue weighted by molar-refractivity contribution is 5.68. The fourth-order valence-corrected chi connectivity index (χ4v) is 4.00. The molecular weight excluding hydrogens is 362 g/mol. The minimum atomic E-state index is -3.94. The predicted molar refractivity (Wildman–Crippen MR) is 92.8 cm³/mol. The predicted octanol–water partition coefficient (Wildman–Crippen LogP) is 5.64. The Morgan fingerprint density at radius 3 is 2.04 bits per heavy atom. The maximum atomic E-state index is 13.7. The SMILES string of the molecule is CC(C)(C)OC(=O)N(Cc1ccccc1)C1CCC2(CC1)C(F)(F)C2(F)F. The molecule has 0 atom stereocenters. The number of benzene rings is 1. The molecular formula is C20H25F4NO2. The van der Waals surface area contributed by atoms with Crippen molar-refractivity contribution in [2.75, 3.05) is 0 Å². The largest absolute Gasteiger partial charge is 0.444 e. The zero-order chi connectivity index (χ0) is 20.1. The molecule has 2 fully saturated rings. The highest BCUT2D eigenvalue weighted by Gasteiger charge is 2.95. The zero-order valence-electron chi connectivity index (χ0n) is 15.8. The molecule has 1 aromatic carbocycles. The van der Waals surface area contributed by atoms with Gasteiger partial charge < -0.3 is 9.64 Å². The summed E-state index contributed by atoms with van der Waals surface area (Å²) in [6.07, 6.45) is -0.937. The summed E-state index contributed by atoms with van der Waals surface area (Å²) in [7, 11) is 0. The lowest BCUT2D eigenvalue weighted by Crippen LogP contribution is -2.45. The lowest BCUT2D eigenvalue weighted by atomic mass is 9.81. The summed E-state index contributed by atoms with van der Waals surface area (Å²) in [5.74, 6) is -7.89. The number of nitrogens with zero attached hydrogens (tertiary/aromatic N) is 1. The first-order chi connectivity index (χ1) is 12.4. The van der Waals surface area contributed by atoms with Crippen LogP contribution in [-0.2, 0) is 11.3 Å². The van der Waals surface area contributed by atoms with E-state index < -0.39 is 35.0 Å². The minimum Gasteiger partial charge on any atom is -0.444 e. The van der Waals surface area contributed by atoms with E-state index in [9.17, 15) is 22.4 Å². The van der Waals surface area contributed by atoms with E-state index in [0.29, 0.717) is 0 Å². The number of hydrogen-bond acceptors (Lipinski definition) is 2. The molecule has 2 aliphatic carbocycles. The van der Waals surface area contributed by atoms with Gasteiger partial charge in [-0.2, -0.15) is 17.6 Å². The van der Waals surface area contributed by atoms with Gasteiger partial charge in [-0.05, 0) is 52.0 Å². The Balaban J connectivity index is 1.75. The average Bonchev–Trinajstić information content (AvgIpc) is 2.90. The lowest BCUT2D eigenvalue weighted by molar-refractivity contribution is -0.0278. The molecule has 1 spiro atoms. The fraction of sp³-hybridized carbons (Fsp3) is 0.650. The van der Waals surface area contributed by atoms with E-state index in [1.54, 1.807) is 20.8 Å². The highest BCUT2D eigenvalue weighted by atomic mass is 19.3. The van der Waals surface area contributed by atoms with Gasteiger partial charge in [0.1, 0.15) is 11.0 Å². The molecule has 1 aromatic rings. The third-order valence-electron chi connectivity index (χ3n) is 5.61. The van der Waals surface area contributed by atoms with Crippen LogP contribution in [0, 0.1) is 5.41 Å². The third-order valence-corrected chi connectivity index (χ3v) is 5.61. The van der Waals surface area contributed by atoms with Gasteiger partial charge >= 0.3 is 17.9 Å². The first kappa shape index (κ1) is 20.0. The number of hydrogen-bond donors (Lipinski definition) is 0. The van der Waals surface area contributed by atoms with Gasteiger partial charge in [0.15, 0.2) is 0 Å². The van der Waals surface area contributed by atoms with Gasteiger partial charge in [0.05, 0.1) is 0 Å². The molecule has 1 amide bonds. The fourth-order valence-electron chi connectivity index (χ4n) is 4.00. The summed E-state index contributed by atoms with van der Waals surface area (Å²) in [4.78, 5) is 14.2. The molecule has 0 unspecified atom stereocenters. The average molecular weight is 387 g/mol. The Bertz CT molecular complexity index is 676. The number of alkyl halides is 4. The standard InChI is InChI=1S/C20H25F4NO2/c1-17(2,3)27-16(26)25(13-14-7-5-4-6-8-14)15-9-11-18(12-10-15)19(21,22)20(18,23)24/h4-8,15H,9-13H2,1-3H3. The highest BCUT2D eigenvalue weighted by Crippen LogP contribution is 2.77. The van der Waals surface area contributed by atoms with Crippen LogP contribution < -0.4 is 0 Å². The van der Waals surface area contributed by atoms with Crippen LogP contribution >= 0.6 is 0 Å². The van der Waals surface area contributed by atoms with Crippen LogP contribution in [-0.4, -0.2) is 34.5 Å². The summed E-state index contributed by atoms with van der Waals surface area (Å²) in [5.41, 5.74) is -2.08. The normalized spacial score (nSPS) is 23.1. The number of ether oxygens (including phenoxy) is 1. The second-order valence-corrected chi connectivity index (χ2v) is 8.56. The number of amides is 1. The van der Waals surface area contributed by atoms with E-state index in [1.165, 1.54) is 4.90 Å². The van der Waals surface area contributed by atoms with Gasteiger partial charge in [0, 0.05) is 12.6 Å². The van der Waals surface area contributed by atoms with Crippen LogP contribution in [0.1, 0.15) is 52.0 Å². The maximum Gasteiger partial charge on any atom is 0.410 e. The van der Waals surface area contributed by atoms with Gasteiger partial charge in [-0.1, -0.05) is 30.3 Å². The van der Waals surface area contributed by atoms with Crippen LogP contribution in [0.25, 0.3) is 0 Å². The number of carbonyl (C=O) groups excluding carboxylic acids is 1. The van der Waals surface area contributed by atoms with E-state index >= 15 is 0 Å². The maximum absolute atomic E-state index is 13.7. The van der Waals surface area contributed by atoms with Gasteiger partial charge in [-0.15, -0.1) is 0 Å². The van der Waals surface area contributed by atoms with Crippen molar-refractivity contribution in [3.63, 3.8) is 0 Å². The molecule has 150 valence electrons. The molecule has 0 heterocycles. The van der Waals surface area contributed by atoms with Gasteiger partial charge in [0.25, 0.3) is 0 Å². The molecule has 3 nitrogen and oxygen atoms in total. The molecule has 0 N–H and O–H groups in total. The van der Waals surface area contributed by atoms with Crippen molar-refractivity contribution in [1.29, 1.82) is 0 Å². The topological polar surface area (TPSA) is 29.5 Å². The summed E-state index contributed by atoms with van der Waals surface area (Å²) in [6, 6.07) is 8.82. The number of halogens is 4. The van der Waals surface area contributed by atoms with Gasteiger partial charge in [-0.25, -0.2) is 4.79 Å². The molecule has 7 heteroatoms.